The second kappa shape index (κ2) is 8.57. The molecule has 2 aromatic rings. The lowest BCUT2D eigenvalue weighted by molar-refractivity contribution is -0.124. The van der Waals surface area contributed by atoms with E-state index in [0.717, 1.165) is 11.3 Å². The monoisotopic (exact) mass is 469 g/mol. The number of benzene rings is 2. The lowest BCUT2D eigenvalue weighted by Crippen LogP contribution is -2.46. The normalized spacial score (nSPS) is 20.2. The molecule has 1 fully saturated rings. The van der Waals surface area contributed by atoms with Crippen LogP contribution in [0, 0.1) is 6.92 Å². The van der Waals surface area contributed by atoms with E-state index < -0.39 is 21.5 Å². The van der Waals surface area contributed by atoms with Crippen LogP contribution in [0.2, 0.25) is 0 Å². The Balaban J connectivity index is 1.50. The van der Waals surface area contributed by atoms with Crippen LogP contribution >= 0.6 is 0 Å². The first kappa shape index (κ1) is 23.4. The average molecular weight is 470 g/mol. The summed E-state index contributed by atoms with van der Waals surface area (Å²) in [6, 6.07) is 12.2. The largest absolute Gasteiger partial charge is 0.354 e. The molecule has 4 rings (SSSR count). The Morgan fingerprint density at radius 2 is 1.85 bits per heavy atom. The van der Waals surface area contributed by atoms with Gasteiger partial charge in [-0.2, -0.15) is 4.31 Å². The minimum atomic E-state index is -3.88. The molecule has 0 aromatic heterocycles. The minimum Gasteiger partial charge on any atom is -0.354 e. The zero-order valence-corrected chi connectivity index (χ0v) is 20.4. The van der Waals surface area contributed by atoms with Crippen molar-refractivity contribution >= 4 is 27.5 Å². The Bertz CT molecular complexity index is 1190. The third-order valence-corrected chi connectivity index (χ3v) is 8.69. The van der Waals surface area contributed by atoms with Crippen molar-refractivity contribution in [3.05, 3.63) is 59.2 Å². The Kier molecular flexibility index (Phi) is 6.09. The number of carbonyl (C=O) groups excluding carboxylic acids is 2. The van der Waals surface area contributed by atoms with Gasteiger partial charge in [0, 0.05) is 25.8 Å². The van der Waals surface area contributed by atoms with E-state index in [2.05, 4.69) is 5.32 Å². The molecule has 1 saturated heterocycles. The number of anilines is 1. The molecular formula is C25H31N3O4S. The topological polar surface area (TPSA) is 86.8 Å². The van der Waals surface area contributed by atoms with Crippen molar-refractivity contribution in [2.24, 2.45) is 0 Å². The molecule has 2 aliphatic heterocycles. The summed E-state index contributed by atoms with van der Waals surface area (Å²) in [6.07, 6.45) is 1.81. The average Bonchev–Trinajstić information content (AvgIpc) is 3.35. The van der Waals surface area contributed by atoms with Gasteiger partial charge in [0.2, 0.25) is 21.8 Å². The van der Waals surface area contributed by atoms with Crippen LogP contribution in [0.3, 0.4) is 0 Å². The van der Waals surface area contributed by atoms with Gasteiger partial charge >= 0.3 is 0 Å². The van der Waals surface area contributed by atoms with Crippen molar-refractivity contribution < 1.29 is 18.0 Å². The molecule has 1 atom stereocenters. The van der Waals surface area contributed by atoms with E-state index in [1.54, 1.807) is 37.9 Å². The number of fused-ring (bicyclic) bond motifs is 1. The fourth-order valence-electron chi connectivity index (χ4n) is 4.74. The van der Waals surface area contributed by atoms with E-state index >= 15 is 0 Å². The molecular weight excluding hydrogens is 438 g/mol. The molecule has 0 aliphatic carbocycles. The van der Waals surface area contributed by atoms with Crippen molar-refractivity contribution in [2.45, 2.75) is 56.4 Å². The van der Waals surface area contributed by atoms with Crippen molar-refractivity contribution in [3.63, 3.8) is 0 Å². The summed E-state index contributed by atoms with van der Waals surface area (Å²) < 4.78 is 28.3. The Hall–Kier alpha value is -2.71. The highest BCUT2D eigenvalue weighted by molar-refractivity contribution is 7.89. The molecule has 0 radical (unpaired) electrons. The van der Waals surface area contributed by atoms with Gasteiger partial charge < -0.3 is 10.2 Å². The van der Waals surface area contributed by atoms with E-state index in [1.807, 2.05) is 31.2 Å². The van der Waals surface area contributed by atoms with E-state index in [-0.39, 0.29) is 16.7 Å². The van der Waals surface area contributed by atoms with Crippen LogP contribution in [0.5, 0.6) is 0 Å². The second-order valence-corrected chi connectivity index (χ2v) is 11.4. The number of nitrogens with one attached hydrogen (secondary N) is 1. The zero-order valence-electron chi connectivity index (χ0n) is 19.6. The number of amides is 2. The van der Waals surface area contributed by atoms with Crippen LogP contribution in [-0.4, -0.2) is 50.7 Å². The van der Waals surface area contributed by atoms with Gasteiger partial charge in [0.25, 0.3) is 0 Å². The first-order valence-corrected chi connectivity index (χ1v) is 12.8. The summed E-state index contributed by atoms with van der Waals surface area (Å²) in [5.41, 5.74) is 2.91. The molecule has 33 heavy (non-hydrogen) atoms. The van der Waals surface area contributed by atoms with Crippen molar-refractivity contribution in [2.75, 3.05) is 25.0 Å². The third kappa shape index (κ3) is 4.17. The molecule has 8 heteroatoms. The van der Waals surface area contributed by atoms with Crippen LogP contribution in [0.15, 0.2) is 47.4 Å². The highest BCUT2D eigenvalue weighted by Gasteiger charge is 2.44. The summed E-state index contributed by atoms with van der Waals surface area (Å²) in [5.74, 6) is -0.335. The molecule has 7 nitrogen and oxygen atoms in total. The van der Waals surface area contributed by atoms with Gasteiger partial charge in [-0.3, -0.25) is 9.59 Å². The predicted octanol–water partition coefficient (Wildman–Crippen LogP) is 2.76. The maximum Gasteiger partial charge on any atom is 0.243 e. The molecule has 1 N–H and O–H groups in total. The highest BCUT2D eigenvalue weighted by Crippen LogP contribution is 2.42. The van der Waals surface area contributed by atoms with Crippen LogP contribution < -0.4 is 10.2 Å². The lowest BCUT2D eigenvalue weighted by Gasteiger charge is -2.24. The van der Waals surface area contributed by atoms with Crippen LogP contribution in [-0.2, 0) is 31.4 Å². The molecule has 0 saturated carbocycles. The number of hydrogen-bond acceptors (Lipinski definition) is 4. The van der Waals surface area contributed by atoms with E-state index in [1.165, 1.54) is 15.9 Å². The molecule has 2 aliphatic rings. The Labute approximate surface area is 195 Å². The molecule has 0 bridgehead atoms. The van der Waals surface area contributed by atoms with E-state index in [9.17, 15) is 18.0 Å². The van der Waals surface area contributed by atoms with E-state index in [0.29, 0.717) is 37.9 Å². The number of carbonyl (C=O) groups is 2. The summed E-state index contributed by atoms with van der Waals surface area (Å²) in [5, 5.41) is 2.91. The van der Waals surface area contributed by atoms with Gasteiger partial charge in [0.15, 0.2) is 0 Å². The molecule has 2 amide bonds. The Morgan fingerprint density at radius 3 is 2.55 bits per heavy atom. The smallest absolute Gasteiger partial charge is 0.243 e. The van der Waals surface area contributed by atoms with Crippen molar-refractivity contribution in [1.82, 2.24) is 9.62 Å². The number of hydrogen-bond donors (Lipinski definition) is 1. The minimum absolute atomic E-state index is 0.0703. The molecule has 0 unspecified atom stereocenters. The number of likely N-dealkylation sites (N-methyl/N-ethyl adjacent to an activating group) is 1. The SMILES string of the molecule is Cc1ccc(CCNC(=O)[C@H]2CCCN2S(=O)(=O)c2ccc3c(c2)C(C)(C)C(=O)N3C)cc1. The quantitative estimate of drug-likeness (QED) is 0.705. The lowest BCUT2D eigenvalue weighted by atomic mass is 9.86. The van der Waals surface area contributed by atoms with Crippen LogP contribution in [0.25, 0.3) is 0 Å². The number of aryl methyl sites for hydroxylation is 1. The maximum atomic E-state index is 13.5. The van der Waals surface area contributed by atoms with Crippen LogP contribution in [0.4, 0.5) is 5.69 Å². The van der Waals surface area contributed by atoms with E-state index in [4.69, 9.17) is 0 Å². The summed E-state index contributed by atoms with van der Waals surface area (Å²) in [7, 11) is -2.18. The maximum absolute atomic E-state index is 13.5. The Morgan fingerprint density at radius 1 is 1.15 bits per heavy atom. The summed E-state index contributed by atoms with van der Waals surface area (Å²) in [4.78, 5) is 27.1. The number of rotatable bonds is 6. The van der Waals surface area contributed by atoms with Crippen molar-refractivity contribution in [3.8, 4) is 0 Å². The number of sulfonamides is 1. The molecule has 176 valence electrons. The second-order valence-electron chi connectivity index (χ2n) is 9.47. The predicted molar refractivity (Wildman–Crippen MR) is 128 cm³/mol. The van der Waals surface area contributed by atoms with Crippen LogP contribution in [0.1, 0.15) is 43.4 Å². The van der Waals surface area contributed by atoms with Gasteiger partial charge in [0.05, 0.1) is 10.3 Å². The molecule has 2 aromatic carbocycles. The van der Waals surface area contributed by atoms with Crippen molar-refractivity contribution in [1.29, 1.82) is 0 Å². The van der Waals surface area contributed by atoms with Gasteiger partial charge in [-0.25, -0.2) is 8.42 Å². The summed E-state index contributed by atoms with van der Waals surface area (Å²) >= 11 is 0. The fourth-order valence-corrected chi connectivity index (χ4v) is 6.42. The summed E-state index contributed by atoms with van der Waals surface area (Å²) in [6.45, 7) is 6.38. The highest BCUT2D eigenvalue weighted by atomic mass is 32.2. The van der Waals surface area contributed by atoms with Gasteiger partial charge in [-0.15, -0.1) is 0 Å². The zero-order chi connectivity index (χ0) is 24.0. The van der Waals surface area contributed by atoms with Gasteiger partial charge in [0.1, 0.15) is 6.04 Å². The standard InChI is InChI=1S/C25H31N3O4S/c1-17-7-9-18(10-8-17)13-14-26-23(29)22-6-5-15-28(22)33(31,32)19-11-12-21-20(16-19)25(2,3)24(30)27(21)4/h7-12,16,22H,5-6,13-15H2,1-4H3,(H,26,29)/t22-/m1/s1. The third-order valence-electron chi connectivity index (χ3n) is 6.79. The number of nitrogens with zero attached hydrogens (tertiary/aromatic N) is 2. The van der Waals surface area contributed by atoms with Gasteiger partial charge in [-0.05, 0) is 69.4 Å². The first-order valence-electron chi connectivity index (χ1n) is 11.3. The fraction of sp³-hybridized carbons (Fsp3) is 0.440. The van der Waals surface area contributed by atoms with Gasteiger partial charge in [-0.1, -0.05) is 29.8 Å². The molecule has 2 heterocycles. The first-order chi connectivity index (χ1) is 15.5. The molecule has 0 spiro atoms.